The summed E-state index contributed by atoms with van der Waals surface area (Å²) in [6, 6.07) is 5.30. The number of carboxylic acids is 1. The van der Waals surface area contributed by atoms with Crippen LogP contribution in [0.15, 0.2) is 24.4 Å². The summed E-state index contributed by atoms with van der Waals surface area (Å²) in [6.07, 6.45) is 1.66. The molecule has 0 unspecified atom stereocenters. The number of aromatic carboxylic acids is 1. The maximum Gasteiger partial charge on any atom is 0.337 e. The van der Waals surface area contributed by atoms with Crippen LogP contribution in [0.5, 0.6) is 0 Å². The quantitative estimate of drug-likeness (QED) is 0.897. The molecule has 0 radical (unpaired) electrons. The minimum Gasteiger partial charge on any atom is -0.478 e. The number of fused-ring (bicyclic) bond motifs is 1. The van der Waals surface area contributed by atoms with Crippen LogP contribution >= 0.6 is 0 Å². The Morgan fingerprint density at radius 3 is 2.72 bits per heavy atom. The predicted octanol–water partition coefficient (Wildman–Crippen LogP) is 2.17. The van der Waals surface area contributed by atoms with Gasteiger partial charge in [-0.05, 0) is 19.9 Å². The van der Waals surface area contributed by atoms with E-state index in [1.165, 1.54) is 0 Å². The minimum atomic E-state index is -0.975. The van der Waals surface area contributed by atoms with Crippen LogP contribution in [0.4, 0.5) is 5.95 Å². The molecule has 0 spiro atoms. The largest absolute Gasteiger partial charge is 0.478 e. The van der Waals surface area contributed by atoms with E-state index in [4.69, 9.17) is 5.11 Å². The highest BCUT2D eigenvalue weighted by Gasteiger charge is 2.13. The van der Waals surface area contributed by atoms with Crippen LogP contribution in [0, 0.1) is 0 Å². The van der Waals surface area contributed by atoms with Crippen molar-refractivity contribution in [1.82, 2.24) is 9.97 Å². The average molecular weight is 245 g/mol. The summed E-state index contributed by atoms with van der Waals surface area (Å²) in [4.78, 5) is 21.7. The lowest BCUT2D eigenvalue weighted by Gasteiger charge is -2.21. The van der Waals surface area contributed by atoms with Crippen LogP contribution in [-0.4, -0.2) is 34.1 Å². The number of hydrogen-bond acceptors (Lipinski definition) is 4. The second kappa shape index (κ2) is 4.60. The van der Waals surface area contributed by atoms with Crippen molar-refractivity contribution >= 4 is 22.8 Å². The van der Waals surface area contributed by atoms with Gasteiger partial charge in [0.15, 0.2) is 0 Å². The van der Waals surface area contributed by atoms with E-state index in [-0.39, 0.29) is 11.6 Å². The monoisotopic (exact) mass is 245 g/mol. The molecule has 2 aromatic rings. The second-order valence-electron chi connectivity index (χ2n) is 4.42. The maximum atomic E-state index is 11.2. The molecular formula is C13H15N3O2. The summed E-state index contributed by atoms with van der Waals surface area (Å²) in [5.41, 5.74) is 0.677. The second-order valence-corrected chi connectivity index (χ2v) is 4.42. The Hall–Kier alpha value is -2.17. The van der Waals surface area contributed by atoms with Gasteiger partial charge in [0.25, 0.3) is 0 Å². The Morgan fingerprint density at radius 1 is 1.39 bits per heavy atom. The van der Waals surface area contributed by atoms with E-state index in [0.29, 0.717) is 11.5 Å². The fourth-order valence-corrected chi connectivity index (χ4v) is 1.62. The number of aromatic nitrogens is 2. The molecule has 1 N–H and O–H groups in total. The van der Waals surface area contributed by atoms with Gasteiger partial charge in [-0.2, -0.15) is 0 Å². The van der Waals surface area contributed by atoms with Crippen molar-refractivity contribution < 1.29 is 9.90 Å². The molecule has 18 heavy (non-hydrogen) atoms. The maximum absolute atomic E-state index is 11.2. The van der Waals surface area contributed by atoms with Crippen molar-refractivity contribution in [2.45, 2.75) is 19.9 Å². The highest BCUT2D eigenvalue weighted by Crippen LogP contribution is 2.19. The summed E-state index contributed by atoms with van der Waals surface area (Å²) in [6.45, 7) is 4.05. The van der Waals surface area contributed by atoms with Crippen LogP contribution in [0.3, 0.4) is 0 Å². The molecule has 0 aliphatic rings. The van der Waals surface area contributed by atoms with Crippen LogP contribution in [0.1, 0.15) is 24.2 Å². The third kappa shape index (κ3) is 2.11. The van der Waals surface area contributed by atoms with E-state index < -0.39 is 5.97 Å². The smallest absolute Gasteiger partial charge is 0.337 e. The first-order chi connectivity index (χ1) is 8.50. The van der Waals surface area contributed by atoms with Crippen molar-refractivity contribution in [3.8, 4) is 0 Å². The number of para-hydroxylation sites is 1. The van der Waals surface area contributed by atoms with Gasteiger partial charge in [-0.25, -0.2) is 14.8 Å². The zero-order valence-corrected chi connectivity index (χ0v) is 10.6. The van der Waals surface area contributed by atoms with Gasteiger partial charge in [-0.15, -0.1) is 0 Å². The third-order valence-corrected chi connectivity index (χ3v) is 2.92. The molecule has 0 bridgehead atoms. The van der Waals surface area contributed by atoms with E-state index in [1.807, 2.05) is 25.8 Å². The number of nitrogens with zero attached hydrogens (tertiary/aromatic N) is 3. The van der Waals surface area contributed by atoms with Gasteiger partial charge < -0.3 is 10.0 Å². The van der Waals surface area contributed by atoms with Crippen molar-refractivity contribution in [2.75, 3.05) is 11.9 Å². The summed E-state index contributed by atoms with van der Waals surface area (Å²) < 4.78 is 0. The highest BCUT2D eigenvalue weighted by atomic mass is 16.4. The van der Waals surface area contributed by atoms with Gasteiger partial charge in [-0.1, -0.05) is 12.1 Å². The normalized spacial score (nSPS) is 10.9. The van der Waals surface area contributed by atoms with Crippen LogP contribution in [0.2, 0.25) is 0 Å². The fraction of sp³-hybridized carbons (Fsp3) is 0.308. The molecule has 0 saturated carbocycles. The van der Waals surface area contributed by atoms with Crippen molar-refractivity contribution in [1.29, 1.82) is 0 Å². The summed E-state index contributed by atoms with van der Waals surface area (Å²) in [7, 11) is 1.88. The van der Waals surface area contributed by atoms with Gasteiger partial charge in [-0.3, -0.25) is 0 Å². The van der Waals surface area contributed by atoms with E-state index >= 15 is 0 Å². The Kier molecular flexibility index (Phi) is 3.14. The number of hydrogen-bond donors (Lipinski definition) is 1. The molecule has 0 amide bonds. The number of benzene rings is 1. The van der Waals surface area contributed by atoms with Crippen molar-refractivity contribution in [2.24, 2.45) is 0 Å². The average Bonchev–Trinajstić information content (AvgIpc) is 2.36. The molecule has 5 nitrogen and oxygen atoms in total. The molecule has 1 heterocycles. The van der Waals surface area contributed by atoms with Crippen LogP contribution in [-0.2, 0) is 0 Å². The first-order valence-electron chi connectivity index (χ1n) is 5.72. The number of rotatable bonds is 3. The molecule has 2 rings (SSSR count). The molecule has 1 aromatic heterocycles. The summed E-state index contributed by atoms with van der Waals surface area (Å²) >= 11 is 0. The lowest BCUT2D eigenvalue weighted by atomic mass is 10.1. The first-order valence-corrected chi connectivity index (χ1v) is 5.72. The van der Waals surface area contributed by atoms with Crippen molar-refractivity contribution in [3.63, 3.8) is 0 Å². The molecule has 0 fully saturated rings. The molecule has 94 valence electrons. The zero-order chi connectivity index (χ0) is 13.3. The molecule has 0 aliphatic carbocycles. The Morgan fingerprint density at radius 2 is 2.11 bits per heavy atom. The van der Waals surface area contributed by atoms with Crippen LogP contribution in [0.25, 0.3) is 10.9 Å². The molecule has 0 aliphatic heterocycles. The molecular weight excluding hydrogens is 230 g/mol. The first kappa shape index (κ1) is 12.3. The van der Waals surface area contributed by atoms with E-state index in [0.717, 1.165) is 5.39 Å². The summed E-state index contributed by atoms with van der Waals surface area (Å²) in [5, 5.41) is 9.88. The summed E-state index contributed by atoms with van der Waals surface area (Å²) in [5.74, 6) is -0.441. The molecule has 0 saturated heterocycles. The topological polar surface area (TPSA) is 66.3 Å². The Labute approximate surface area is 105 Å². The Bertz CT molecular complexity index is 596. The van der Waals surface area contributed by atoms with E-state index in [1.54, 1.807) is 24.4 Å². The van der Waals surface area contributed by atoms with Gasteiger partial charge in [0.1, 0.15) is 0 Å². The molecule has 0 atom stereocenters. The van der Waals surface area contributed by atoms with Crippen LogP contribution < -0.4 is 4.90 Å². The number of carboxylic acid groups (broad SMARTS) is 1. The standard InChI is InChI=1S/C13H15N3O2/c1-8(2)16(3)13-14-7-9-5-4-6-10(12(17)18)11(9)15-13/h4-8H,1-3H3,(H,17,18). The SMILES string of the molecule is CC(C)N(C)c1ncc2cccc(C(=O)O)c2n1. The van der Waals surface area contributed by atoms with Gasteiger partial charge in [0.05, 0.1) is 11.1 Å². The minimum absolute atomic E-state index is 0.202. The molecule has 1 aromatic carbocycles. The van der Waals surface area contributed by atoms with Gasteiger partial charge >= 0.3 is 5.97 Å². The van der Waals surface area contributed by atoms with Gasteiger partial charge in [0.2, 0.25) is 5.95 Å². The number of anilines is 1. The van der Waals surface area contributed by atoms with Crippen molar-refractivity contribution in [3.05, 3.63) is 30.0 Å². The number of carbonyl (C=O) groups is 1. The zero-order valence-electron chi connectivity index (χ0n) is 10.6. The fourth-order valence-electron chi connectivity index (χ4n) is 1.62. The predicted molar refractivity (Wildman–Crippen MR) is 70.0 cm³/mol. The lowest BCUT2D eigenvalue weighted by Crippen LogP contribution is -2.27. The third-order valence-electron chi connectivity index (χ3n) is 2.92. The molecule has 5 heteroatoms. The Balaban J connectivity index is 2.62. The lowest BCUT2D eigenvalue weighted by molar-refractivity contribution is 0.0699. The highest BCUT2D eigenvalue weighted by molar-refractivity contribution is 6.01. The van der Waals surface area contributed by atoms with Gasteiger partial charge in [0, 0.05) is 24.7 Å². The van der Waals surface area contributed by atoms with E-state index in [2.05, 4.69) is 9.97 Å². The van der Waals surface area contributed by atoms with E-state index in [9.17, 15) is 4.79 Å².